The van der Waals surface area contributed by atoms with Gasteiger partial charge in [0.05, 0.1) is 16.6 Å². The zero-order valence-corrected chi connectivity index (χ0v) is 18.5. The minimum absolute atomic E-state index is 0. The van der Waals surface area contributed by atoms with E-state index in [2.05, 4.69) is 15.5 Å². The molecule has 0 bridgehead atoms. The number of carbonyl (C=O) groups is 1. The second-order valence-electron chi connectivity index (χ2n) is 7.92. The van der Waals surface area contributed by atoms with E-state index in [1.54, 1.807) is 18.2 Å². The molecule has 0 saturated carbocycles. The number of halogens is 5. The Kier molecular flexibility index (Phi) is 9.09. The van der Waals surface area contributed by atoms with Gasteiger partial charge >= 0.3 is 6.18 Å². The highest BCUT2D eigenvalue weighted by atomic mass is 35.5. The zero-order chi connectivity index (χ0) is 21.0. The highest BCUT2D eigenvalue weighted by Crippen LogP contribution is 2.26. The first-order chi connectivity index (χ1) is 13.7. The number of nitrogens with zero attached hydrogens (tertiary/aromatic N) is 2. The van der Waals surface area contributed by atoms with Crippen LogP contribution in [0.3, 0.4) is 0 Å². The Balaban J connectivity index is 0.00000320. The average molecular weight is 469 g/mol. The number of likely N-dealkylation sites (tertiary alicyclic amines) is 1. The quantitative estimate of drug-likeness (QED) is 0.634. The number of nitrogens with one attached hydrogen (secondary N) is 2. The van der Waals surface area contributed by atoms with Crippen molar-refractivity contribution in [3.05, 3.63) is 28.8 Å². The Bertz CT molecular complexity index is 708. The molecular weight excluding hydrogens is 440 g/mol. The van der Waals surface area contributed by atoms with Crippen molar-refractivity contribution in [1.82, 2.24) is 15.1 Å². The van der Waals surface area contributed by atoms with Crippen LogP contribution in [-0.2, 0) is 0 Å². The van der Waals surface area contributed by atoms with Crippen molar-refractivity contribution < 1.29 is 18.0 Å². The van der Waals surface area contributed by atoms with E-state index < -0.39 is 12.6 Å². The van der Waals surface area contributed by atoms with E-state index in [1.165, 1.54) is 24.8 Å². The van der Waals surface area contributed by atoms with Crippen LogP contribution in [0.1, 0.15) is 36.0 Å². The number of rotatable bonds is 7. The topological polar surface area (TPSA) is 47.6 Å². The molecule has 1 amide bonds. The van der Waals surface area contributed by atoms with Crippen LogP contribution in [0.4, 0.5) is 18.9 Å². The molecule has 2 N–H and O–H groups in total. The van der Waals surface area contributed by atoms with Crippen molar-refractivity contribution in [2.24, 2.45) is 0 Å². The standard InChI is InChI=1S/C20H28ClF3N4O.ClH/c1-27(10-2-7-20(22,23)24)19(29)17-4-3-14(11-18(17)21)26-15-12-28(13-15)16-5-8-25-9-6-16;/h3-4,11,15-16,25-26H,2,5-10,12-13H2,1H3;1H. The average Bonchev–Trinajstić information content (AvgIpc) is 2.63. The van der Waals surface area contributed by atoms with Crippen LogP contribution >= 0.6 is 24.0 Å². The largest absolute Gasteiger partial charge is 0.389 e. The first-order valence-electron chi connectivity index (χ1n) is 10.1. The molecule has 2 aliphatic rings. The molecule has 30 heavy (non-hydrogen) atoms. The third-order valence-corrected chi connectivity index (χ3v) is 5.92. The summed E-state index contributed by atoms with van der Waals surface area (Å²) in [5.41, 5.74) is 1.15. The van der Waals surface area contributed by atoms with E-state index in [-0.39, 0.29) is 31.3 Å². The Morgan fingerprint density at radius 1 is 1.30 bits per heavy atom. The summed E-state index contributed by atoms with van der Waals surface area (Å²) in [4.78, 5) is 16.2. The van der Waals surface area contributed by atoms with Gasteiger partial charge in [-0.15, -0.1) is 12.4 Å². The zero-order valence-electron chi connectivity index (χ0n) is 17.0. The van der Waals surface area contributed by atoms with Gasteiger partial charge in [-0.1, -0.05) is 11.6 Å². The molecule has 0 aromatic heterocycles. The van der Waals surface area contributed by atoms with E-state index in [1.807, 2.05) is 0 Å². The molecular formula is C20H29Cl2F3N4O. The summed E-state index contributed by atoms with van der Waals surface area (Å²) in [7, 11) is 1.49. The molecule has 0 atom stereocenters. The molecule has 1 aromatic carbocycles. The van der Waals surface area contributed by atoms with E-state index in [0.29, 0.717) is 22.7 Å². The number of alkyl halides is 3. The third kappa shape index (κ3) is 6.90. The molecule has 2 saturated heterocycles. The number of piperidine rings is 1. The number of hydrogen-bond acceptors (Lipinski definition) is 4. The van der Waals surface area contributed by atoms with Gasteiger partial charge in [-0.25, -0.2) is 0 Å². The third-order valence-electron chi connectivity index (χ3n) is 5.61. The van der Waals surface area contributed by atoms with Gasteiger partial charge in [0, 0.05) is 44.8 Å². The van der Waals surface area contributed by atoms with Crippen LogP contribution in [0.25, 0.3) is 0 Å². The lowest BCUT2D eigenvalue weighted by Crippen LogP contribution is -2.60. The normalized spacial score (nSPS) is 18.4. The van der Waals surface area contributed by atoms with Crippen LogP contribution in [0.2, 0.25) is 5.02 Å². The van der Waals surface area contributed by atoms with Gasteiger partial charge in [0.1, 0.15) is 0 Å². The molecule has 2 aliphatic heterocycles. The van der Waals surface area contributed by atoms with E-state index in [0.717, 1.165) is 31.9 Å². The van der Waals surface area contributed by atoms with Crippen molar-refractivity contribution in [3.63, 3.8) is 0 Å². The maximum absolute atomic E-state index is 12.5. The lowest BCUT2D eigenvalue weighted by atomic mass is 9.98. The molecule has 2 heterocycles. The molecule has 3 rings (SSSR count). The minimum Gasteiger partial charge on any atom is -0.380 e. The molecule has 10 heteroatoms. The second-order valence-corrected chi connectivity index (χ2v) is 8.32. The molecule has 170 valence electrons. The van der Waals surface area contributed by atoms with Crippen molar-refractivity contribution in [2.75, 3.05) is 45.1 Å². The highest BCUT2D eigenvalue weighted by Gasteiger charge is 2.33. The molecule has 0 spiro atoms. The van der Waals surface area contributed by atoms with Crippen LogP contribution in [0.5, 0.6) is 0 Å². The summed E-state index contributed by atoms with van der Waals surface area (Å²) in [6.45, 7) is 4.17. The Labute approximate surface area is 186 Å². The monoisotopic (exact) mass is 468 g/mol. The maximum atomic E-state index is 12.5. The molecule has 5 nitrogen and oxygen atoms in total. The van der Waals surface area contributed by atoms with Gasteiger partial charge in [-0.3, -0.25) is 9.69 Å². The summed E-state index contributed by atoms with van der Waals surface area (Å²) in [6.07, 6.45) is -2.87. The number of carbonyl (C=O) groups excluding carboxylic acids is 1. The van der Waals surface area contributed by atoms with Crippen LogP contribution < -0.4 is 10.6 Å². The fourth-order valence-corrected chi connectivity index (χ4v) is 4.17. The Morgan fingerprint density at radius 3 is 2.57 bits per heavy atom. The predicted octanol–water partition coefficient (Wildman–Crippen LogP) is 4.02. The number of benzene rings is 1. The fraction of sp³-hybridized carbons (Fsp3) is 0.650. The maximum Gasteiger partial charge on any atom is 0.389 e. The van der Waals surface area contributed by atoms with Crippen LogP contribution in [0, 0.1) is 0 Å². The number of hydrogen-bond donors (Lipinski definition) is 2. The molecule has 0 aliphatic carbocycles. The molecule has 1 aromatic rings. The predicted molar refractivity (Wildman–Crippen MR) is 116 cm³/mol. The SMILES string of the molecule is CN(CCCC(F)(F)F)C(=O)c1ccc(NC2CN(C3CCNCC3)C2)cc1Cl.Cl. The van der Waals surface area contributed by atoms with Gasteiger partial charge in [0.15, 0.2) is 0 Å². The van der Waals surface area contributed by atoms with Crippen molar-refractivity contribution >= 4 is 35.6 Å². The molecule has 2 fully saturated rings. The van der Waals surface area contributed by atoms with Crippen molar-refractivity contribution in [1.29, 1.82) is 0 Å². The van der Waals surface area contributed by atoms with Crippen molar-refractivity contribution in [2.45, 2.75) is 43.9 Å². The minimum atomic E-state index is -4.21. The van der Waals surface area contributed by atoms with E-state index in [4.69, 9.17) is 11.6 Å². The molecule has 0 unspecified atom stereocenters. The molecule has 0 radical (unpaired) electrons. The van der Waals surface area contributed by atoms with E-state index in [9.17, 15) is 18.0 Å². The first kappa shape index (κ1) is 25.0. The lowest BCUT2D eigenvalue weighted by Gasteiger charge is -2.46. The van der Waals surface area contributed by atoms with Gasteiger partial charge in [-0.05, 0) is 50.6 Å². The number of anilines is 1. The summed E-state index contributed by atoms with van der Waals surface area (Å²) < 4.78 is 36.8. The summed E-state index contributed by atoms with van der Waals surface area (Å²) in [5.74, 6) is -0.371. The smallest absolute Gasteiger partial charge is 0.380 e. The first-order valence-corrected chi connectivity index (χ1v) is 10.4. The van der Waals surface area contributed by atoms with Crippen molar-refractivity contribution in [3.8, 4) is 0 Å². The van der Waals surface area contributed by atoms with Gasteiger partial charge in [0.2, 0.25) is 0 Å². The second kappa shape index (κ2) is 10.9. The highest BCUT2D eigenvalue weighted by molar-refractivity contribution is 6.34. The van der Waals surface area contributed by atoms with Crippen LogP contribution in [-0.4, -0.2) is 73.7 Å². The van der Waals surface area contributed by atoms with Gasteiger partial charge in [-0.2, -0.15) is 13.2 Å². The lowest BCUT2D eigenvalue weighted by molar-refractivity contribution is -0.135. The van der Waals surface area contributed by atoms with Gasteiger partial charge in [0.25, 0.3) is 5.91 Å². The number of amides is 1. The van der Waals surface area contributed by atoms with Crippen LogP contribution in [0.15, 0.2) is 18.2 Å². The summed E-state index contributed by atoms with van der Waals surface area (Å²) >= 11 is 6.29. The fourth-order valence-electron chi connectivity index (χ4n) is 3.91. The Hall–Kier alpha value is -1.22. The summed E-state index contributed by atoms with van der Waals surface area (Å²) in [6, 6.07) is 6.16. The summed E-state index contributed by atoms with van der Waals surface area (Å²) in [5, 5.41) is 7.12. The van der Waals surface area contributed by atoms with Gasteiger partial charge < -0.3 is 15.5 Å². The Morgan fingerprint density at radius 2 is 1.97 bits per heavy atom. The van der Waals surface area contributed by atoms with E-state index >= 15 is 0 Å².